The van der Waals surface area contributed by atoms with Gasteiger partial charge in [0.15, 0.2) is 0 Å². The number of H-pyrrole nitrogens is 1. The first-order chi connectivity index (χ1) is 12.4. The van der Waals surface area contributed by atoms with Crippen molar-refractivity contribution >= 4 is 33.3 Å². The van der Waals surface area contributed by atoms with Gasteiger partial charge in [-0.05, 0) is 53.8 Å². The van der Waals surface area contributed by atoms with Crippen molar-refractivity contribution in [1.82, 2.24) is 4.98 Å². The van der Waals surface area contributed by atoms with E-state index in [0.717, 1.165) is 27.6 Å². The van der Waals surface area contributed by atoms with Crippen LogP contribution in [0.25, 0.3) is 10.9 Å². The molecule has 0 spiro atoms. The number of aromatic nitrogens is 1. The molecule has 0 aliphatic heterocycles. The fraction of sp³-hybridized carbons (Fsp3) is 0.300. The maximum atomic E-state index is 14.2. The fourth-order valence-corrected chi connectivity index (χ4v) is 4.47. The number of rotatable bonds is 6. The molecule has 0 bridgehead atoms. The van der Waals surface area contributed by atoms with Crippen LogP contribution >= 0.6 is 11.6 Å². The summed E-state index contributed by atoms with van der Waals surface area (Å²) in [6, 6.07) is 8.73. The van der Waals surface area contributed by atoms with Crippen molar-refractivity contribution in [2.75, 3.05) is 12.9 Å². The summed E-state index contributed by atoms with van der Waals surface area (Å²) >= 11 is 6.45. The Bertz CT molecular complexity index is 970. The van der Waals surface area contributed by atoms with Crippen LogP contribution in [-0.4, -0.2) is 27.2 Å². The van der Waals surface area contributed by atoms with Crippen LogP contribution in [-0.2, 0) is 16.6 Å². The number of halogens is 2. The first-order valence-corrected chi connectivity index (χ1v) is 10.5. The first kappa shape index (κ1) is 19.1. The number of fused-ring (bicyclic) bond motifs is 1. The van der Waals surface area contributed by atoms with E-state index in [1.165, 1.54) is 12.1 Å². The van der Waals surface area contributed by atoms with Gasteiger partial charge in [0.1, 0.15) is 5.82 Å². The minimum absolute atomic E-state index is 0.0112. The molecule has 0 aliphatic carbocycles. The molecular weight excluding hydrogens is 373 g/mol. The van der Waals surface area contributed by atoms with E-state index in [0.29, 0.717) is 17.0 Å². The first-order valence-electron chi connectivity index (χ1n) is 8.37. The molecule has 3 aromatic rings. The van der Waals surface area contributed by atoms with Crippen LogP contribution in [0.3, 0.4) is 0 Å². The molecule has 0 radical (unpaired) electrons. The molecule has 0 saturated heterocycles. The Hall–Kier alpha value is -1.69. The average molecular weight is 394 g/mol. The average Bonchev–Trinajstić information content (AvgIpc) is 2.96. The van der Waals surface area contributed by atoms with Gasteiger partial charge in [0.2, 0.25) is 0 Å². The molecule has 1 aromatic heterocycles. The molecular formula is C20H21ClFNO2S. The molecule has 0 fully saturated rings. The number of aliphatic hydroxyl groups excluding tert-OH is 1. The normalized spacial score (nSPS) is 13.9. The van der Waals surface area contributed by atoms with Gasteiger partial charge >= 0.3 is 0 Å². The van der Waals surface area contributed by atoms with Crippen molar-refractivity contribution in [1.29, 1.82) is 0 Å². The van der Waals surface area contributed by atoms with E-state index >= 15 is 0 Å². The van der Waals surface area contributed by atoms with Crippen LogP contribution in [0.5, 0.6) is 0 Å². The third-order valence-corrected chi connectivity index (χ3v) is 5.60. The van der Waals surface area contributed by atoms with Crippen LogP contribution in [0.1, 0.15) is 34.6 Å². The molecule has 2 aromatic carbocycles. The smallest absolute Gasteiger partial charge is 0.124 e. The number of benzene rings is 2. The van der Waals surface area contributed by atoms with Crippen molar-refractivity contribution in [2.24, 2.45) is 0 Å². The maximum absolute atomic E-state index is 14.2. The molecule has 2 unspecified atom stereocenters. The lowest BCUT2D eigenvalue weighted by molar-refractivity contribution is 0.282. The lowest BCUT2D eigenvalue weighted by Crippen LogP contribution is -2.04. The molecule has 26 heavy (non-hydrogen) atoms. The van der Waals surface area contributed by atoms with Gasteiger partial charge in [-0.2, -0.15) is 0 Å². The number of hydrogen-bond acceptors (Lipinski definition) is 2. The zero-order chi connectivity index (χ0) is 18.8. The Labute approximate surface area is 159 Å². The second-order valence-corrected chi connectivity index (χ2v) is 8.38. The van der Waals surface area contributed by atoms with E-state index in [2.05, 4.69) is 4.98 Å². The van der Waals surface area contributed by atoms with Crippen molar-refractivity contribution in [3.8, 4) is 0 Å². The number of hydrogen-bond donors (Lipinski definition) is 2. The highest BCUT2D eigenvalue weighted by atomic mass is 35.5. The lowest BCUT2D eigenvalue weighted by atomic mass is 9.87. The summed E-state index contributed by atoms with van der Waals surface area (Å²) in [6.07, 6.45) is 3.91. The maximum Gasteiger partial charge on any atom is 0.124 e. The Kier molecular flexibility index (Phi) is 5.80. The minimum atomic E-state index is -1.08. The van der Waals surface area contributed by atoms with Gasteiger partial charge in [0.05, 0.1) is 11.3 Å². The van der Waals surface area contributed by atoms with E-state index in [-0.39, 0.29) is 24.1 Å². The number of nitrogens with one attached hydrogen (secondary N) is 1. The van der Waals surface area contributed by atoms with Gasteiger partial charge in [-0.15, -0.1) is 0 Å². The third-order valence-electron chi connectivity index (χ3n) is 4.55. The van der Waals surface area contributed by atoms with Crippen molar-refractivity contribution in [3.05, 3.63) is 69.6 Å². The lowest BCUT2D eigenvalue weighted by Gasteiger charge is -2.18. The largest absolute Gasteiger partial charge is 0.396 e. The molecule has 0 amide bonds. The topological polar surface area (TPSA) is 53.1 Å². The molecule has 0 saturated carbocycles. The SMILES string of the molecule is Cc1ccc(C(CCO)c2c[nH]c3c(CS(C)=O)cc(F)cc23)c(Cl)c1. The Balaban J connectivity index is 2.17. The minimum Gasteiger partial charge on any atom is -0.396 e. The van der Waals surface area contributed by atoms with Gasteiger partial charge in [-0.1, -0.05) is 23.7 Å². The highest BCUT2D eigenvalue weighted by Gasteiger charge is 2.22. The summed E-state index contributed by atoms with van der Waals surface area (Å²) in [4.78, 5) is 3.20. The van der Waals surface area contributed by atoms with Gasteiger partial charge in [0.25, 0.3) is 0 Å². The molecule has 2 atom stereocenters. The molecule has 2 N–H and O–H groups in total. The number of aryl methyl sites for hydroxylation is 1. The molecule has 3 nitrogen and oxygen atoms in total. The van der Waals surface area contributed by atoms with Gasteiger partial charge in [-0.3, -0.25) is 4.21 Å². The highest BCUT2D eigenvalue weighted by Crippen LogP contribution is 2.38. The van der Waals surface area contributed by atoms with Crippen molar-refractivity contribution in [3.63, 3.8) is 0 Å². The van der Waals surface area contributed by atoms with Gasteiger partial charge in [0, 0.05) is 46.2 Å². The predicted octanol–water partition coefficient (Wildman–Crippen LogP) is 4.66. The quantitative estimate of drug-likeness (QED) is 0.639. The second kappa shape index (κ2) is 7.91. The Morgan fingerprint density at radius 2 is 2.04 bits per heavy atom. The van der Waals surface area contributed by atoms with Crippen LogP contribution in [0.2, 0.25) is 5.02 Å². The highest BCUT2D eigenvalue weighted by molar-refractivity contribution is 7.83. The van der Waals surface area contributed by atoms with Crippen molar-refractivity contribution < 1.29 is 13.7 Å². The van der Waals surface area contributed by atoms with Crippen LogP contribution in [0, 0.1) is 12.7 Å². The zero-order valence-electron chi connectivity index (χ0n) is 14.7. The summed E-state index contributed by atoms with van der Waals surface area (Å²) in [5.74, 6) is -0.246. The van der Waals surface area contributed by atoms with Crippen molar-refractivity contribution in [2.45, 2.75) is 25.0 Å². The summed E-state index contributed by atoms with van der Waals surface area (Å²) in [5, 5.41) is 10.9. The monoisotopic (exact) mass is 393 g/mol. The molecule has 1 heterocycles. The Morgan fingerprint density at radius 3 is 2.69 bits per heavy atom. The zero-order valence-corrected chi connectivity index (χ0v) is 16.3. The molecule has 3 rings (SSSR count). The van der Waals surface area contributed by atoms with E-state index in [1.807, 2.05) is 31.3 Å². The summed E-state index contributed by atoms with van der Waals surface area (Å²) in [6.45, 7) is 1.96. The third kappa shape index (κ3) is 3.85. The van der Waals surface area contributed by atoms with Gasteiger partial charge < -0.3 is 10.1 Å². The van der Waals surface area contributed by atoms with E-state index in [1.54, 1.807) is 6.26 Å². The molecule has 6 heteroatoms. The molecule has 0 aliphatic rings. The summed E-state index contributed by atoms with van der Waals surface area (Å²) in [7, 11) is -1.08. The second-order valence-electron chi connectivity index (χ2n) is 6.54. The standard InChI is InChI=1S/C20H21ClFNO2S/c1-12-3-4-16(19(21)7-12)15(5-6-24)18-10-23-20-13(11-26(2)25)8-14(22)9-17(18)20/h3-4,7-10,15,23-24H,5-6,11H2,1-2H3. The molecule has 138 valence electrons. The van der Waals surface area contributed by atoms with E-state index in [9.17, 15) is 13.7 Å². The van der Waals surface area contributed by atoms with E-state index in [4.69, 9.17) is 11.6 Å². The number of aromatic amines is 1. The van der Waals surface area contributed by atoms with Crippen LogP contribution < -0.4 is 0 Å². The summed E-state index contributed by atoms with van der Waals surface area (Å²) < 4.78 is 25.8. The van der Waals surface area contributed by atoms with E-state index < -0.39 is 10.8 Å². The van der Waals surface area contributed by atoms with Crippen LogP contribution in [0.4, 0.5) is 4.39 Å². The predicted molar refractivity (Wildman–Crippen MR) is 106 cm³/mol. The van der Waals surface area contributed by atoms with Gasteiger partial charge in [-0.25, -0.2) is 4.39 Å². The fourth-order valence-electron chi connectivity index (χ4n) is 3.43. The number of aliphatic hydroxyl groups is 1. The summed E-state index contributed by atoms with van der Waals surface area (Å²) in [5.41, 5.74) is 4.30. The Morgan fingerprint density at radius 1 is 1.27 bits per heavy atom. The van der Waals surface area contributed by atoms with Crippen LogP contribution in [0.15, 0.2) is 36.5 Å².